The molecule has 0 saturated heterocycles. The highest BCUT2D eigenvalue weighted by atomic mass is 35.5. The lowest BCUT2D eigenvalue weighted by Crippen LogP contribution is -2.35. The average Bonchev–Trinajstić information content (AvgIpc) is 3.63. The number of likely N-dealkylation sites (N-methyl/N-ethyl adjacent to an activating group) is 1. The first-order chi connectivity index (χ1) is 19.3. The molecule has 40 heavy (non-hydrogen) atoms. The summed E-state index contributed by atoms with van der Waals surface area (Å²) in [6.07, 6.45) is 5.58. The van der Waals surface area contributed by atoms with Gasteiger partial charge in [-0.1, -0.05) is 31.5 Å². The van der Waals surface area contributed by atoms with Crippen LogP contribution in [0, 0.1) is 13.8 Å². The number of anilines is 1. The summed E-state index contributed by atoms with van der Waals surface area (Å²) in [5, 5.41) is 11.2. The van der Waals surface area contributed by atoms with E-state index in [2.05, 4.69) is 39.5 Å². The normalized spacial score (nSPS) is 13.7. The fourth-order valence-electron chi connectivity index (χ4n) is 5.08. The Bertz CT molecular complexity index is 1590. The maximum absolute atomic E-state index is 13.0. The number of carbonyl (C=O) groups excluding carboxylic acids is 2. The van der Waals surface area contributed by atoms with Gasteiger partial charge in [-0.3, -0.25) is 9.59 Å². The van der Waals surface area contributed by atoms with Crippen molar-refractivity contribution in [2.75, 3.05) is 31.5 Å². The predicted octanol–water partition coefficient (Wildman–Crippen LogP) is 5.70. The van der Waals surface area contributed by atoms with Crippen LogP contribution in [0.1, 0.15) is 46.7 Å². The van der Waals surface area contributed by atoms with E-state index in [0.717, 1.165) is 64.7 Å². The maximum Gasteiger partial charge on any atom is 0.256 e. The van der Waals surface area contributed by atoms with Gasteiger partial charge >= 0.3 is 0 Å². The Labute approximate surface area is 239 Å². The van der Waals surface area contributed by atoms with Gasteiger partial charge in [0.15, 0.2) is 0 Å². The van der Waals surface area contributed by atoms with E-state index < -0.39 is 0 Å². The molecule has 2 aromatic carbocycles. The maximum atomic E-state index is 13.0. The Kier molecular flexibility index (Phi) is 7.91. The van der Waals surface area contributed by atoms with Crippen molar-refractivity contribution in [3.05, 3.63) is 88.0 Å². The molecule has 9 heteroatoms. The molecule has 0 unspecified atom stereocenters. The fraction of sp³-hybridized carbons (Fsp3) is 0.258. The average molecular weight is 557 g/mol. The van der Waals surface area contributed by atoms with Crippen molar-refractivity contribution in [1.82, 2.24) is 25.0 Å². The van der Waals surface area contributed by atoms with Crippen LogP contribution in [0.15, 0.2) is 54.9 Å². The lowest BCUT2D eigenvalue weighted by Gasteiger charge is -2.18. The molecule has 8 nitrogen and oxygen atoms in total. The number of aromatic amines is 1. The van der Waals surface area contributed by atoms with Crippen LogP contribution in [-0.4, -0.2) is 57.7 Å². The van der Waals surface area contributed by atoms with Crippen LogP contribution in [0.5, 0.6) is 0 Å². The van der Waals surface area contributed by atoms with E-state index >= 15 is 0 Å². The molecule has 0 radical (unpaired) electrons. The lowest BCUT2D eigenvalue weighted by atomic mass is 10.00. The van der Waals surface area contributed by atoms with Gasteiger partial charge in [0, 0.05) is 52.5 Å². The molecule has 0 atom stereocenters. The summed E-state index contributed by atoms with van der Waals surface area (Å²) in [6.45, 7) is 11.3. The highest BCUT2D eigenvalue weighted by Gasteiger charge is 2.26. The minimum Gasteiger partial charge on any atom is -0.358 e. The molecule has 2 amide bonds. The van der Waals surface area contributed by atoms with E-state index in [1.165, 1.54) is 0 Å². The molecule has 0 saturated carbocycles. The number of hydrogen-bond acceptors (Lipinski definition) is 4. The van der Waals surface area contributed by atoms with Crippen LogP contribution in [0.4, 0.5) is 5.69 Å². The number of aryl methyl sites for hydroxylation is 1. The standard InChI is InChI=1S/C31H33ClN6O2/c1-5-37(6-2)14-13-33-31(40)29-19(3)28(35-20(29)4)16-26-25-15-21(7-12-27(25)36-30(26)39)22-17-34-38(18-22)24-10-8-23(32)9-11-24/h7-12,15-18,35H,5-6,13-14H2,1-4H3,(H,33,40)(H,36,39)/b26-16-. The van der Waals surface area contributed by atoms with Crippen molar-refractivity contribution in [2.24, 2.45) is 0 Å². The molecule has 0 spiro atoms. The molecule has 5 rings (SSSR count). The molecular formula is C31H33ClN6O2. The Morgan fingerprint density at radius 1 is 1.10 bits per heavy atom. The molecule has 1 aliphatic heterocycles. The van der Waals surface area contributed by atoms with Crippen LogP contribution < -0.4 is 10.6 Å². The van der Waals surface area contributed by atoms with Gasteiger partial charge in [0.1, 0.15) is 0 Å². The zero-order chi connectivity index (χ0) is 28.4. The van der Waals surface area contributed by atoms with Gasteiger partial charge in [0.05, 0.1) is 23.0 Å². The van der Waals surface area contributed by atoms with E-state index in [1.54, 1.807) is 10.9 Å². The number of halogens is 1. The summed E-state index contributed by atoms with van der Waals surface area (Å²) in [5.41, 5.74) is 7.80. The molecule has 3 heterocycles. The Morgan fingerprint density at radius 2 is 1.85 bits per heavy atom. The molecule has 0 fully saturated rings. The molecule has 0 aliphatic carbocycles. The van der Waals surface area contributed by atoms with Crippen molar-refractivity contribution in [2.45, 2.75) is 27.7 Å². The van der Waals surface area contributed by atoms with Gasteiger partial charge in [-0.15, -0.1) is 0 Å². The van der Waals surface area contributed by atoms with Gasteiger partial charge in [-0.25, -0.2) is 4.68 Å². The van der Waals surface area contributed by atoms with Crippen LogP contribution >= 0.6 is 11.6 Å². The zero-order valence-corrected chi connectivity index (χ0v) is 23.9. The number of nitrogens with zero attached hydrogens (tertiary/aromatic N) is 3. The molecular weight excluding hydrogens is 524 g/mol. The SMILES string of the molecule is CCN(CC)CCNC(=O)c1c(C)[nH]c(/C=C2\C(=O)Nc3ccc(-c4cnn(-c5ccc(Cl)cc5)c4)cc32)c1C. The highest BCUT2D eigenvalue weighted by Crippen LogP contribution is 2.37. The number of benzene rings is 2. The number of H-pyrrole nitrogens is 1. The lowest BCUT2D eigenvalue weighted by molar-refractivity contribution is -0.110. The van der Waals surface area contributed by atoms with E-state index in [0.29, 0.717) is 22.7 Å². The largest absolute Gasteiger partial charge is 0.358 e. The number of aromatic nitrogens is 3. The second-order valence-electron chi connectivity index (χ2n) is 9.87. The predicted molar refractivity (Wildman–Crippen MR) is 161 cm³/mol. The second-order valence-corrected chi connectivity index (χ2v) is 10.3. The van der Waals surface area contributed by atoms with Crippen molar-refractivity contribution >= 4 is 40.8 Å². The van der Waals surface area contributed by atoms with Gasteiger partial charge < -0.3 is 20.5 Å². The first kappa shape index (κ1) is 27.4. The van der Waals surface area contributed by atoms with Gasteiger partial charge in [0.2, 0.25) is 0 Å². The van der Waals surface area contributed by atoms with Crippen molar-refractivity contribution in [3.8, 4) is 16.8 Å². The third kappa shape index (κ3) is 5.46. The number of hydrogen-bond donors (Lipinski definition) is 3. The monoisotopic (exact) mass is 556 g/mol. The first-order valence-corrected chi connectivity index (χ1v) is 13.8. The van der Waals surface area contributed by atoms with Crippen LogP contribution in [0.2, 0.25) is 5.02 Å². The summed E-state index contributed by atoms with van der Waals surface area (Å²) < 4.78 is 1.79. The number of fused-ring (bicyclic) bond motifs is 1. The number of nitrogens with one attached hydrogen (secondary N) is 3. The summed E-state index contributed by atoms with van der Waals surface area (Å²) >= 11 is 6.02. The summed E-state index contributed by atoms with van der Waals surface area (Å²) in [5.74, 6) is -0.291. The topological polar surface area (TPSA) is 95.1 Å². The number of carbonyl (C=O) groups is 2. The van der Waals surface area contributed by atoms with Crippen molar-refractivity contribution in [3.63, 3.8) is 0 Å². The number of rotatable bonds is 9. The Balaban J connectivity index is 1.40. The summed E-state index contributed by atoms with van der Waals surface area (Å²) in [4.78, 5) is 31.6. The van der Waals surface area contributed by atoms with E-state index in [9.17, 15) is 9.59 Å². The van der Waals surface area contributed by atoms with Crippen LogP contribution in [0.3, 0.4) is 0 Å². The first-order valence-electron chi connectivity index (χ1n) is 13.5. The van der Waals surface area contributed by atoms with Crippen molar-refractivity contribution < 1.29 is 9.59 Å². The fourth-order valence-corrected chi connectivity index (χ4v) is 5.20. The number of amides is 2. The molecule has 4 aromatic rings. The molecule has 0 bridgehead atoms. The minimum atomic E-state index is -0.180. The zero-order valence-electron chi connectivity index (χ0n) is 23.1. The highest BCUT2D eigenvalue weighted by molar-refractivity contribution is 6.35. The van der Waals surface area contributed by atoms with Crippen LogP contribution in [-0.2, 0) is 4.79 Å². The summed E-state index contributed by atoms with van der Waals surface area (Å²) in [6, 6.07) is 13.3. The summed E-state index contributed by atoms with van der Waals surface area (Å²) in [7, 11) is 0. The molecule has 1 aliphatic rings. The van der Waals surface area contributed by atoms with E-state index in [4.69, 9.17) is 11.6 Å². The van der Waals surface area contributed by atoms with Crippen LogP contribution in [0.25, 0.3) is 28.5 Å². The molecule has 3 N–H and O–H groups in total. The Morgan fingerprint density at radius 3 is 2.58 bits per heavy atom. The van der Waals surface area contributed by atoms with Gasteiger partial charge in [-0.2, -0.15) is 5.10 Å². The van der Waals surface area contributed by atoms with Gasteiger partial charge in [0.25, 0.3) is 11.8 Å². The van der Waals surface area contributed by atoms with E-state index in [1.807, 2.05) is 68.6 Å². The quantitative estimate of drug-likeness (QED) is 0.230. The smallest absolute Gasteiger partial charge is 0.256 e. The third-order valence-corrected chi connectivity index (χ3v) is 7.66. The van der Waals surface area contributed by atoms with E-state index in [-0.39, 0.29) is 11.8 Å². The minimum absolute atomic E-state index is 0.112. The molecule has 206 valence electrons. The molecule has 2 aromatic heterocycles. The van der Waals surface area contributed by atoms with Crippen molar-refractivity contribution in [1.29, 1.82) is 0 Å². The van der Waals surface area contributed by atoms with Gasteiger partial charge in [-0.05, 0) is 80.5 Å². The second kappa shape index (κ2) is 11.5. The Hall–Kier alpha value is -4.14. The third-order valence-electron chi connectivity index (χ3n) is 7.41.